The molecule has 158 valence electrons. The van der Waals surface area contributed by atoms with Crippen LogP contribution in [0.1, 0.15) is 32.1 Å². The highest BCUT2D eigenvalue weighted by molar-refractivity contribution is 7.80. The van der Waals surface area contributed by atoms with E-state index in [2.05, 4.69) is 5.32 Å². The van der Waals surface area contributed by atoms with Gasteiger partial charge in [-0.2, -0.15) is 0 Å². The molecule has 0 radical (unpaired) electrons. The van der Waals surface area contributed by atoms with Gasteiger partial charge < -0.3 is 19.2 Å². The van der Waals surface area contributed by atoms with Gasteiger partial charge in [0.2, 0.25) is 0 Å². The number of carbonyl (C=O) groups is 1. The molecule has 1 amide bonds. The molecular weight excluding hydrogens is 400 g/mol. The standard InChI is InChI=1S/C23H26N2O4S/c1-4-27-20-9-8-17(15-21(20)28-5-2)10-11-25-22(26)19(24-23(25)30)14-16(3)13-18-7-6-12-29-18/h6-9,12-15H,4-5,10-11H2,1-3H3,(H,24,30)/b16-13+,19-14+. The molecule has 1 N–H and O–H groups in total. The third-order valence-electron chi connectivity index (χ3n) is 4.48. The van der Waals surface area contributed by atoms with Crippen molar-refractivity contribution in [3.8, 4) is 11.5 Å². The largest absolute Gasteiger partial charge is 0.490 e. The summed E-state index contributed by atoms with van der Waals surface area (Å²) in [5, 5.41) is 3.42. The summed E-state index contributed by atoms with van der Waals surface area (Å²) in [5.41, 5.74) is 2.39. The van der Waals surface area contributed by atoms with Crippen molar-refractivity contribution in [1.82, 2.24) is 10.2 Å². The Morgan fingerprint density at radius 3 is 2.67 bits per heavy atom. The molecule has 1 saturated heterocycles. The smallest absolute Gasteiger partial charge is 0.276 e. The summed E-state index contributed by atoms with van der Waals surface area (Å²) < 4.78 is 16.6. The zero-order valence-corrected chi connectivity index (χ0v) is 18.3. The molecule has 6 nitrogen and oxygen atoms in total. The van der Waals surface area contributed by atoms with E-state index < -0.39 is 0 Å². The van der Waals surface area contributed by atoms with E-state index in [1.807, 2.05) is 57.2 Å². The van der Waals surface area contributed by atoms with Crippen molar-refractivity contribution in [1.29, 1.82) is 0 Å². The summed E-state index contributed by atoms with van der Waals surface area (Å²) in [6.07, 6.45) is 5.90. The molecule has 2 heterocycles. The van der Waals surface area contributed by atoms with Crippen LogP contribution in [0.4, 0.5) is 0 Å². The van der Waals surface area contributed by atoms with Gasteiger partial charge in [0.05, 0.1) is 19.5 Å². The number of nitrogens with one attached hydrogen (secondary N) is 1. The van der Waals surface area contributed by atoms with Crippen molar-refractivity contribution in [2.75, 3.05) is 19.8 Å². The number of carbonyl (C=O) groups excluding carboxylic acids is 1. The second-order valence-corrected chi connectivity index (χ2v) is 7.13. The summed E-state index contributed by atoms with van der Waals surface area (Å²) in [4.78, 5) is 14.4. The zero-order chi connectivity index (χ0) is 21.5. The van der Waals surface area contributed by atoms with Crippen LogP contribution in [0.3, 0.4) is 0 Å². The molecule has 1 aliphatic rings. The normalized spacial score (nSPS) is 15.6. The van der Waals surface area contributed by atoms with Crippen LogP contribution in [0.15, 0.2) is 58.4 Å². The van der Waals surface area contributed by atoms with Gasteiger partial charge in [0, 0.05) is 6.54 Å². The van der Waals surface area contributed by atoms with Crippen molar-refractivity contribution in [2.24, 2.45) is 0 Å². The van der Waals surface area contributed by atoms with E-state index in [9.17, 15) is 4.79 Å². The fourth-order valence-corrected chi connectivity index (χ4v) is 3.42. The molecule has 0 spiro atoms. The van der Waals surface area contributed by atoms with E-state index in [-0.39, 0.29) is 5.91 Å². The van der Waals surface area contributed by atoms with Crippen LogP contribution in [0.5, 0.6) is 11.5 Å². The van der Waals surface area contributed by atoms with Gasteiger partial charge in [-0.15, -0.1) is 0 Å². The number of nitrogens with zero attached hydrogens (tertiary/aromatic N) is 1. The molecule has 0 unspecified atom stereocenters. The molecule has 3 rings (SSSR count). The summed E-state index contributed by atoms with van der Waals surface area (Å²) >= 11 is 5.37. The number of hydrogen-bond donors (Lipinski definition) is 1. The molecule has 0 atom stereocenters. The molecule has 2 aromatic rings. The van der Waals surface area contributed by atoms with Crippen molar-refractivity contribution >= 4 is 29.3 Å². The lowest BCUT2D eigenvalue weighted by Gasteiger charge is -2.15. The van der Waals surface area contributed by atoms with Gasteiger partial charge in [-0.05, 0) is 87.0 Å². The molecule has 7 heteroatoms. The van der Waals surface area contributed by atoms with Crippen LogP contribution in [0.25, 0.3) is 6.08 Å². The molecule has 1 aliphatic heterocycles. The third kappa shape index (κ3) is 5.30. The summed E-state index contributed by atoms with van der Waals surface area (Å²) in [6, 6.07) is 9.52. The topological polar surface area (TPSA) is 63.9 Å². The van der Waals surface area contributed by atoms with Crippen molar-refractivity contribution < 1.29 is 18.7 Å². The number of thiocarbonyl (C=S) groups is 1. The summed E-state index contributed by atoms with van der Waals surface area (Å²) in [5.74, 6) is 2.03. The van der Waals surface area contributed by atoms with Crippen LogP contribution >= 0.6 is 12.2 Å². The number of furan rings is 1. The number of amides is 1. The number of hydrogen-bond acceptors (Lipinski definition) is 5. The Bertz CT molecular complexity index is 964. The monoisotopic (exact) mass is 426 g/mol. The zero-order valence-electron chi connectivity index (χ0n) is 17.4. The number of benzene rings is 1. The van der Waals surface area contributed by atoms with Gasteiger partial charge in [-0.1, -0.05) is 6.07 Å². The van der Waals surface area contributed by atoms with E-state index in [0.29, 0.717) is 42.7 Å². The maximum atomic E-state index is 12.8. The molecule has 30 heavy (non-hydrogen) atoms. The van der Waals surface area contributed by atoms with Gasteiger partial charge >= 0.3 is 0 Å². The van der Waals surface area contributed by atoms with Gasteiger partial charge in [0.25, 0.3) is 5.91 Å². The Morgan fingerprint density at radius 1 is 1.20 bits per heavy atom. The fourth-order valence-electron chi connectivity index (χ4n) is 3.13. The van der Waals surface area contributed by atoms with Crippen LogP contribution < -0.4 is 14.8 Å². The minimum Gasteiger partial charge on any atom is -0.490 e. The fraction of sp³-hybridized carbons (Fsp3) is 0.304. The Morgan fingerprint density at radius 2 is 1.97 bits per heavy atom. The minimum absolute atomic E-state index is 0.136. The molecule has 0 bridgehead atoms. The van der Waals surface area contributed by atoms with Gasteiger partial charge in [-0.25, -0.2) is 0 Å². The average molecular weight is 427 g/mol. The predicted octanol–water partition coefficient (Wildman–Crippen LogP) is 4.32. The minimum atomic E-state index is -0.136. The van der Waals surface area contributed by atoms with Gasteiger partial charge in [-0.3, -0.25) is 9.69 Å². The highest BCUT2D eigenvalue weighted by atomic mass is 32.1. The Hall–Kier alpha value is -3.06. The molecule has 1 aromatic carbocycles. The quantitative estimate of drug-likeness (QED) is 0.476. The van der Waals surface area contributed by atoms with Crippen LogP contribution in [-0.2, 0) is 11.2 Å². The first-order chi connectivity index (χ1) is 14.5. The van der Waals surface area contributed by atoms with Crippen LogP contribution in [0.2, 0.25) is 0 Å². The van der Waals surface area contributed by atoms with E-state index in [0.717, 1.165) is 22.6 Å². The first kappa shape index (κ1) is 21.6. The van der Waals surface area contributed by atoms with Crippen molar-refractivity contribution in [2.45, 2.75) is 27.2 Å². The summed E-state index contributed by atoms with van der Waals surface area (Å²) in [7, 11) is 0. The van der Waals surface area contributed by atoms with Crippen LogP contribution in [0, 0.1) is 0 Å². The molecule has 0 saturated carbocycles. The second kappa shape index (κ2) is 10.1. The summed E-state index contributed by atoms with van der Waals surface area (Å²) in [6.45, 7) is 7.39. The Labute approximate surface area is 182 Å². The Kier molecular flexibility index (Phi) is 7.30. The first-order valence-electron chi connectivity index (χ1n) is 9.96. The number of rotatable bonds is 9. The van der Waals surface area contributed by atoms with E-state index in [4.69, 9.17) is 26.1 Å². The maximum Gasteiger partial charge on any atom is 0.276 e. The third-order valence-corrected chi connectivity index (χ3v) is 4.80. The molecule has 1 aromatic heterocycles. The SMILES string of the molecule is CCOc1ccc(CCN2C(=O)/C(=C\C(C)=C\c3ccco3)NC2=S)cc1OCC. The first-order valence-corrected chi connectivity index (χ1v) is 10.4. The maximum absolute atomic E-state index is 12.8. The lowest BCUT2D eigenvalue weighted by Crippen LogP contribution is -2.32. The lowest BCUT2D eigenvalue weighted by atomic mass is 10.1. The highest BCUT2D eigenvalue weighted by Crippen LogP contribution is 2.29. The van der Waals surface area contributed by atoms with E-state index in [1.54, 1.807) is 17.2 Å². The highest BCUT2D eigenvalue weighted by Gasteiger charge is 2.30. The molecular formula is C23H26N2O4S. The van der Waals surface area contributed by atoms with Gasteiger partial charge in [0.15, 0.2) is 16.6 Å². The van der Waals surface area contributed by atoms with Crippen molar-refractivity contribution in [3.05, 3.63) is 65.3 Å². The predicted molar refractivity (Wildman–Crippen MR) is 120 cm³/mol. The molecule has 0 aliphatic carbocycles. The van der Waals surface area contributed by atoms with E-state index >= 15 is 0 Å². The average Bonchev–Trinajstić information content (AvgIpc) is 3.31. The van der Waals surface area contributed by atoms with Crippen LogP contribution in [-0.4, -0.2) is 35.7 Å². The van der Waals surface area contributed by atoms with Crippen molar-refractivity contribution in [3.63, 3.8) is 0 Å². The lowest BCUT2D eigenvalue weighted by molar-refractivity contribution is -0.122. The number of allylic oxidation sites excluding steroid dienone is 2. The van der Waals surface area contributed by atoms with Gasteiger partial charge in [0.1, 0.15) is 11.5 Å². The number of ether oxygens (including phenoxy) is 2. The second-order valence-electron chi connectivity index (χ2n) is 6.75. The van der Waals surface area contributed by atoms with E-state index in [1.165, 1.54) is 0 Å². The Balaban J connectivity index is 1.67. The molecule has 1 fully saturated rings.